The molecule has 1 aromatic heterocycles. The van der Waals surface area contributed by atoms with Crippen LogP contribution >= 0.6 is 11.3 Å². The Kier molecular flexibility index (Phi) is 6.41. The number of nitrogens with one attached hydrogen (secondary N) is 2. The normalized spacial score (nSPS) is 14.8. The Hall–Kier alpha value is -2.18. The van der Waals surface area contributed by atoms with Crippen LogP contribution in [0.3, 0.4) is 0 Å². The highest BCUT2D eigenvalue weighted by Crippen LogP contribution is 2.35. The third-order valence-corrected chi connectivity index (χ3v) is 5.61. The predicted molar refractivity (Wildman–Crippen MR) is 104 cm³/mol. The molecule has 0 aliphatic carbocycles. The fourth-order valence-electron chi connectivity index (χ4n) is 3.22. The lowest BCUT2D eigenvalue weighted by Crippen LogP contribution is -3.13. The summed E-state index contributed by atoms with van der Waals surface area (Å²) >= 11 is 1.42. The topological polar surface area (TPSA) is 59.8 Å². The third-order valence-electron chi connectivity index (χ3n) is 4.51. The van der Waals surface area contributed by atoms with Crippen molar-refractivity contribution in [2.45, 2.75) is 26.2 Å². The van der Waals surface area contributed by atoms with E-state index in [1.165, 1.54) is 35.5 Å². The van der Waals surface area contributed by atoms with Gasteiger partial charge in [-0.3, -0.25) is 4.79 Å². The van der Waals surface area contributed by atoms with E-state index in [4.69, 9.17) is 4.74 Å². The van der Waals surface area contributed by atoms with E-state index >= 15 is 0 Å². The number of benzene rings is 1. The molecule has 2 aromatic rings. The Balaban J connectivity index is 1.78. The van der Waals surface area contributed by atoms with Crippen LogP contribution in [0.5, 0.6) is 0 Å². The molecule has 1 saturated heterocycles. The lowest BCUT2D eigenvalue weighted by Gasteiger charge is -2.22. The number of esters is 1. The van der Waals surface area contributed by atoms with Gasteiger partial charge in [-0.15, -0.1) is 11.3 Å². The quantitative estimate of drug-likeness (QED) is 0.765. The number of carbonyl (C=O) groups excluding carboxylic acids is 2. The maximum atomic E-state index is 12.5. The van der Waals surface area contributed by atoms with Crippen LogP contribution in [0.4, 0.5) is 5.00 Å². The van der Waals surface area contributed by atoms with Crippen LogP contribution in [-0.4, -0.2) is 38.1 Å². The average molecular weight is 373 g/mol. The van der Waals surface area contributed by atoms with Gasteiger partial charge in [-0.05, 0) is 37.8 Å². The highest BCUT2D eigenvalue weighted by Gasteiger charge is 2.22. The van der Waals surface area contributed by atoms with Crippen LogP contribution in [0, 0.1) is 0 Å². The molecule has 0 atom stereocenters. The molecular weight excluding hydrogens is 348 g/mol. The van der Waals surface area contributed by atoms with Gasteiger partial charge in [-0.1, -0.05) is 30.3 Å². The summed E-state index contributed by atoms with van der Waals surface area (Å²) in [5.41, 5.74) is 1.45. The van der Waals surface area contributed by atoms with E-state index in [0.29, 0.717) is 23.7 Å². The second-order valence-corrected chi connectivity index (χ2v) is 7.53. The molecule has 0 unspecified atom stereocenters. The van der Waals surface area contributed by atoms with Gasteiger partial charge in [0.1, 0.15) is 5.00 Å². The van der Waals surface area contributed by atoms with Gasteiger partial charge in [0.25, 0.3) is 5.91 Å². The van der Waals surface area contributed by atoms with E-state index in [2.05, 4.69) is 5.32 Å². The summed E-state index contributed by atoms with van der Waals surface area (Å²) in [6.07, 6.45) is 3.60. The molecule has 3 rings (SSSR count). The molecule has 1 fully saturated rings. The Morgan fingerprint density at radius 3 is 2.58 bits per heavy atom. The molecule has 0 saturated carbocycles. The number of anilines is 1. The predicted octanol–water partition coefficient (Wildman–Crippen LogP) is 2.60. The Morgan fingerprint density at radius 2 is 1.88 bits per heavy atom. The maximum Gasteiger partial charge on any atom is 0.341 e. The molecular formula is C20H25N2O3S+. The SMILES string of the molecule is CCOC(=O)c1cc(-c2ccccc2)sc1NC(=O)C[NH+]1CCCCC1. The van der Waals surface area contributed by atoms with Gasteiger partial charge in [0.2, 0.25) is 0 Å². The van der Waals surface area contributed by atoms with Crippen molar-refractivity contribution in [2.24, 2.45) is 0 Å². The molecule has 1 aromatic carbocycles. The molecule has 1 aliphatic heterocycles. The molecule has 0 bridgehead atoms. The fourth-order valence-corrected chi connectivity index (χ4v) is 4.28. The molecule has 1 aliphatic rings. The number of likely N-dealkylation sites (tertiary alicyclic amines) is 1. The summed E-state index contributed by atoms with van der Waals surface area (Å²) in [7, 11) is 0. The first-order valence-corrected chi connectivity index (χ1v) is 9.99. The molecule has 26 heavy (non-hydrogen) atoms. The van der Waals surface area contributed by atoms with E-state index in [-0.39, 0.29) is 5.91 Å². The minimum absolute atomic E-state index is 0.0473. The van der Waals surface area contributed by atoms with Gasteiger partial charge < -0.3 is 15.0 Å². The van der Waals surface area contributed by atoms with Crippen molar-refractivity contribution >= 4 is 28.2 Å². The molecule has 138 valence electrons. The van der Waals surface area contributed by atoms with Crippen LogP contribution in [0.1, 0.15) is 36.5 Å². The smallest absolute Gasteiger partial charge is 0.341 e. The first-order valence-electron chi connectivity index (χ1n) is 9.17. The zero-order chi connectivity index (χ0) is 18.4. The standard InChI is InChI=1S/C20H24N2O3S/c1-2-25-20(24)16-13-17(15-9-5-3-6-10-15)26-19(16)21-18(23)14-22-11-7-4-8-12-22/h3,5-6,9-10,13H,2,4,7-8,11-12,14H2,1H3,(H,21,23)/p+1. The largest absolute Gasteiger partial charge is 0.462 e. The average Bonchev–Trinajstić information content (AvgIpc) is 3.07. The van der Waals surface area contributed by atoms with Crippen LogP contribution < -0.4 is 10.2 Å². The summed E-state index contributed by atoms with van der Waals surface area (Å²) in [6, 6.07) is 11.7. The Bertz CT molecular complexity index is 752. The van der Waals surface area contributed by atoms with Crippen LogP contribution in [0.15, 0.2) is 36.4 Å². The summed E-state index contributed by atoms with van der Waals surface area (Å²) in [5.74, 6) is -0.444. The van der Waals surface area contributed by atoms with Crippen molar-refractivity contribution in [3.05, 3.63) is 42.0 Å². The number of ether oxygens (including phenoxy) is 1. The zero-order valence-electron chi connectivity index (χ0n) is 15.0. The number of thiophene rings is 1. The van der Waals surface area contributed by atoms with E-state index < -0.39 is 5.97 Å². The summed E-state index contributed by atoms with van der Waals surface area (Å²) in [6.45, 7) is 4.61. The second-order valence-electron chi connectivity index (χ2n) is 6.48. The Morgan fingerprint density at radius 1 is 1.15 bits per heavy atom. The maximum absolute atomic E-state index is 12.5. The summed E-state index contributed by atoms with van der Waals surface area (Å²) in [5, 5.41) is 3.52. The highest BCUT2D eigenvalue weighted by atomic mass is 32.1. The zero-order valence-corrected chi connectivity index (χ0v) is 15.9. The summed E-state index contributed by atoms with van der Waals surface area (Å²) in [4.78, 5) is 27.0. The Labute approximate surface area is 158 Å². The van der Waals surface area contributed by atoms with E-state index in [1.54, 1.807) is 13.0 Å². The fraction of sp³-hybridized carbons (Fsp3) is 0.400. The van der Waals surface area contributed by atoms with Crippen molar-refractivity contribution in [2.75, 3.05) is 31.6 Å². The number of hydrogen-bond donors (Lipinski definition) is 2. The monoisotopic (exact) mass is 373 g/mol. The highest BCUT2D eigenvalue weighted by molar-refractivity contribution is 7.20. The number of rotatable bonds is 6. The van der Waals surface area contributed by atoms with Gasteiger partial charge in [-0.25, -0.2) is 4.79 Å². The van der Waals surface area contributed by atoms with Gasteiger partial charge in [0.15, 0.2) is 6.54 Å². The molecule has 0 radical (unpaired) electrons. The van der Waals surface area contributed by atoms with Crippen molar-refractivity contribution in [1.82, 2.24) is 0 Å². The van der Waals surface area contributed by atoms with Gasteiger partial charge in [0, 0.05) is 4.88 Å². The molecule has 6 heteroatoms. The molecule has 2 N–H and O–H groups in total. The molecule has 2 heterocycles. The molecule has 1 amide bonds. The van der Waals surface area contributed by atoms with E-state index in [9.17, 15) is 9.59 Å². The lowest BCUT2D eigenvalue weighted by atomic mass is 10.1. The minimum Gasteiger partial charge on any atom is -0.462 e. The number of amides is 1. The van der Waals surface area contributed by atoms with Gasteiger partial charge in [-0.2, -0.15) is 0 Å². The second kappa shape index (κ2) is 8.96. The van der Waals surface area contributed by atoms with E-state index in [0.717, 1.165) is 23.5 Å². The first-order chi connectivity index (χ1) is 12.7. The number of piperidine rings is 1. The van der Waals surface area contributed by atoms with Crippen molar-refractivity contribution in [1.29, 1.82) is 0 Å². The number of hydrogen-bond acceptors (Lipinski definition) is 4. The number of carbonyl (C=O) groups is 2. The van der Waals surface area contributed by atoms with Crippen molar-refractivity contribution in [3.8, 4) is 10.4 Å². The molecule has 5 nitrogen and oxygen atoms in total. The van der Waals surface area contributed by atoms with Crippen LogP contribution in [-0.2, 0) is 9.53 Å². The van der Waals surface area contributed by atoms with Gasteiger partial charge in [0.05, 0.1) is 25.3 Å². The molecule has 0 spiro atoms. The lowest BCUT2D eigenvalue weighted by molar-refractivity contribution is -0.896. The number of quaternary nitrogens is 1. The van der Waals surface area contributed by atoms with Crippen molar-refractivity contribution in [3.63, 3.8) is 0 Å². The third kappa shape index (κ3) is 4.71. The first kappa shape index (κ1) is 18.6. The summed E-state index contributed by atoms with van der Waals surface area (Å²) < 4.78 is 5.16. The van der Waals surface area contributed by atoms with Crippen LogP contribution in [0.2, 0.25) is 0 Å². The van der Waals surface area contributed by atoms with Gasteiger partial charge >= 0.3 is 5.97 Å². The van der Waals surface area contributed by atoms with Crippen molar-refractivity contribution < 1.29 is 19.2 Å². The minimum atomic E-state index is -0.397. The van der Waals surface area contributed by atoms with Crippen LogP contribution in [0.25, 0.3) is 10.4 Å². The van der Waals surface area contributed by atoms with E-state index in [1.807, 2.05) is 30.3 Å².